The smallest absolute Gasteiger partial charge is 0.180 e. The number of nitrogens with zero attached hydrogens (tertiary/aromatic N) is 2. The fourth-order valence-corrected chi connectivity index (χ4v) is 3.34. The van der Waals surface area contributed by atoms with E-state index in [0.717, 1.165) is 53.9 Å². The summed E-state index contributed by atoms with van der Waals surface area (Å²) in [7, 11) is 0. The van der Waals surface area contributed by atoms with Crippen LogP contribution in [0.5, 0.6) is 0 Å². The molecule has 0 amide bonds. The van der Waals surface area contributed by atoms with Crippen LogP contribution in [-0.2, 0) is 4.74 Å². The molecule has 1 aliphatic rings. The normalized spacial score (nSPS) is 13.6. The lowest BCUT2D eigenvalue weighted by Gasteiger charge is -2.10. The summed E-state index contributed by atoms with van der Waals surface area (Å²) in [6, 6.07) is 13.9. The third-order valence-corrected chi connectivity index (χ3v) is 4.76. The van der Waals surface area contributed by atoms with Crippen molar-refractivity contribution >= 4 is 28.0 Å². The van der Waals surface area contributed by atoms with E-state index < -0.39 is 0 Å². The molecule has 26 heavy (non-hydrogen) atoms. The van der Waals surface area contributed by atoms with Crippen LogP contribution in [0.1, 0.15) is 5.69 Å². The number of pyridine rings is 1. The molecule has 136 valence electrons. The van der Waals surface area contributed by atoms with Gasteiger partial charge in [-0.3, -0.25) is 0 Å². The maximum Gasteiger partial charge on any atom is 0.180 e. The minimum Gasteiger partial charge on any atom is -0.379 e. The van der Waals surface area contributed by atoms with Crippen molar-refractivity contribution in [2.24, 2.45) is 0 Å². The van der Waals surface area contributed by atoms with Gasteiger partial charge in [-0.25, -0.2) is 9.97 Å². The van der Waals surface area contributed by atoms with Gasteiger partial charge in [0.15, 0.2) is 5.13 Å². The summed E-state index contributed by atoms with van der Waals surface area (Å²) in [5.74, 6) is 0.806. The first kappa shape index (κ1) is 18.3. The highest BCUT2D eigenvalue weighted by Gasteiger charge is 2.09. The first-order valence-electron chi connectivity index (χ1n) is 8.52. The van der Waals surface area contributed by atoms with Crippen molar-refractivity contribution in [3.63, 3.8) is 0 Å². The van der Waals surface area contributed by atoms with Crippen molar-refractivity contribution in [2.75, 3.05) is 37.4 Å². The second kappa shape index (κ2) is 9.28. The summed E-state index contributed by atoms with van der Waals surface area (Å²) < 4.78 is 5.01. The molecule has 6 nitrogen and oxygen atoms in total. The van der Waals surface area contributed by atoms with Gasteiger partial charge < -0.3 is 21.1 Å². The van der Waals surface area contributed by atoms with Crippen molar-refractivity contribution in [2.45, 2.75) is 6.92 Å². The third kappa shape index (κ3) is 5.26. The minimum atomic E-state index is 0.590. The van der Waals surface area contributed by atoms with E-state index in [1.54, 1.807) is 6.20 Å². The fourth-order valence-electron chi connectivity index (χ4n) is 2.51. The van der Waals surface area contributed by atoms with Gasteiger partial charge in [0.05, 0.1) is 23.8 Å². The van der Waals surface area contributed by atoms with Crippen LogP contribution >= 0.6 is 11.3 Å². The number of thiazole rings is 1. The zero-order valence-electron chi connectivity index (χ0n) is 14.7. The Morgan fingerprint density at radius 1 is 1.15 bits per heavy atom. The number of hydrogen-bond acceptors (Lipinski definition) is 7. The predicted molar refractivity (Wildman–Crippen MR) is 108 cm³/mol. The van der Waals surface area contributed by atoms with Crippen LogP contribution in [0.15, 0.2) is 48.7 Å². The Bertz CT molecular complexity index is 806. The van der Waals surface area contributed by atoms with Gasteiger partial charge in [0.25, 0.3) is 0 Å². The van der Waals surface area contributed by atoms with Crippen molar-refractivity contribution in [3.8, 4) is 10.4 Å². The molecular weight excluding hydrogens is 346 g/mol. The molecule has 1 saturated heterocycles. The van der Waals surface area contributed by atoms with Crippen LogP contribution in [0, 0.1) is 6.92 Å². The van der Waals surface area contributed by atoms with Crippen LogP contribution < -0.4 is 16.4 Å². The maximum atomic E-state index is 5.75. The second-order valence-corrected chi connectivity index (χ2v) is 6.78. The molecule has 4 N–H and O–H groups in total. The molecule has 0 radical (unpaired) electrons. The number of hydrogen-bond donors (Lipinski definition) is 3. The molecule has 0 aliphatic carbocycles. The molecular formula is C19H23N5OS. The number of benzene rings is 1. The van der Waals surface area contributed by atoms with Crippen molar-refractivity contribution in [3.05, 3.63) is 54.4 Å². The summed E-state index contributed by atoms with van der Waals surface area (Å²) in [6.45, 7) is 5.80. The molecule has 0 saturated carbocycles. The highest BCUT2D eigenvalue weighted by molar-refractivity contribution is 7.18. The van der Waals surface area contributed by atoms with Gasteiger partial charge in [-0.1, -0.05) is 29.5 Å². The van der Waals surface area contributed by atoms with Gasteiger partial charge in [-0.05, 0) is 36.8 Å². The largest absolute Gasteiger partial charge is 0.379 e. The Morgan fingerprint density at radius 3 is 2.50 bits per heavy atom. The first-order chi connectivity index (χ1) is 12.7. The summed E-state index contributed by atoms with van der Waals surface area (Å²) in [5, 5.41) is 7.03. The van der Waals surface area contributed by atoms with Crippen LogP contribution in [-0.4, -0.2) is 36.3 Å². The number of rotatable bonds is 3. The van der Waals surface area contributed by atoms with Gasteiger partial charge in [0.2, 0.25) is 0 Å². The molecule has 1 aliphatic heterocycles. The standard InChI is InChI=1S/C15H14N4S.C4H9NO/c1-10-14(20-15(16)18-10)11-7-8-17-13(9-11)19-12-5-3-2-4-6-12;1-3-6-4-2-5-1/h2-9H,1H3,(H2,16,18)(H,17,19);5H,1-4H2. The zero-order valence-corrected chi connectivity index (χ0v) is 15.6. The van der Waals surface area contributed by atoms with E-state index in [2.05, 4.69) is 20.6 Å². The van der Waals surface area contributed by atoms with Crippen molar-refractivity contribution < 1.29 is 4.74 Å². The topological polar surface area (TPSA) is 85.1 Å². The number of nitrogens with two attached hydrogens (primary N) is 1. The van der Waals surface area contributed by atoms with Crippen LogP contribution in [0.3, 0.4) is 0 Å². The van der Waals surface area contributed by atoms with E-state index in [4.69, 9.17) is 10.5 Å². The highest BCUT2D eigenvalue weighted by Crippen LogP contribution is 2.32. The molecule has 4 rings (SSSR count). The van der Waals surface area contributed by atoms with E-state index in [-0.39, 0.29) is 0 Å². The van der Waals surface area contributed by atoms with Crippen LogP contribution in [0.25, 0.3) is 10.4 Å². The summed E-state index contributed by atoms with van der Waals surface area (Å²) in [5.41, 5.74) is 8.79. The number of aryl methyl sites for hydroxylation is 1. The van der Waals surface area contributed by atoms with Gasteiger partial charge in [-0.2, -0.15) is 0 Å². The molecule has 3 heterocycles. The lowest BCUT2D eigenvalue weighted by atomic mass is 10.2. The molecule has 1 aromatic carbocycles. The number of morpholine rings is 1. The molecule has 0 spiro atoms. The lowest BCUT2D eigenvalue weighted by molar-refractivity contribution is 0.109. The highest BCUT2D eigenvalue weighted by atomic mass is 32.1. The number of ether oxygens (including phenoxy) is 1. The Labute approximate surface area is 157 Å². The predicted octanol–water partition coefficient (Wildman–Crippen LogP) is 3.45. The SMILES string of the molecule is C1COCCN1.Cc1nc(N)sc1-c1ccnc(Nc2ccccc2)c1. The molecule has 7 heteroatoms. The van der Waals surface area contributed by atoms with E-state index >= 15 is 0 Å². The van der Waals surface area contributed by atoms with Gasteiger partial charge in [0.1, 0.15) is 5.82 Å². The Morgan fingerprint density at radius 2 is 1.92 bits per heavy atom. The molecule has 0 atom stereocenters. The Balaban J connectivity index is 0.000000278. The maximum absolute atomic E-state index is 5.75. The third-order valence-electron chi connectivity index (χ3n) is 3.73. The summed E-state index contributed by atoms with van der Waals surface area (Å²) in [6.07, 6.45) is 1.79. The minimum absolute atomic E-state index is 0.590. The van der Waals surface area contributed by atoms with Gasteiger partial charge >= 0.3 is 0 Å². The number of anilines is 3. The van der Waals surface area contributed by atoms with Gasteiger partial charge in [-0.15, -0.1) is 0 Å². The number of para-hydroxylation sites is 1. The second-order valence-electron chi connectivity index (χ2n) is 5.75. The lowest BCUT2D eigenvalue weighted by Crippen LogP contribution is -2.30. The summed E-state index contributed by atoms with van der Waals surface area (Å²) in [4.78, 5) is 9.68. The monoisotopic (exact) mass is 369 g/mol. The van der Waals surface area contributed by atoms with E-state index in [0.29, 0.717) is 5.13 Å². The number of nitrogens with one attached hydrogen (secondary N) is 2. The Hall–Kier alpha value is -2.48. The van der Waals surface area contributed by atoms with Gasteiger partial charge in [0, 0.05) is 25.0 Å². The number of aromatic nitrogens is 2. The molecule has 2 aromatic heterocycles. The van der Waals surface area contributed by atoms with E-state index in [9.17, 15) is 0 Å². The van der Waals surface area contributed by atoms with E-state index in [1.165, 1.54) is 11.3 Å². The first-order valence-corrected chi connectivity index (χ1v) is 9.34. The molecule has 3 aromatic rings. The average Bonchev–Trinajstić information content (AvgIpc) is 3.03. The fraction of sp³-hybridized carbons (Fsp3) is 0.263. The van der Waals surface area contributed by atoms with Crippen LogP contribution in [0.4, 0.5) is 16.6 Å². The quantitative estimate of drug-likeness (QED) is 0.656. The van der Waals surface area contributed by atoms with Crippen LogP contribution in [0.2, 0.25) is 0 Å². The van der Waals surface area contributed by atoms with E-state index in [1.807, 2.05) is 49.4 Å². The average molecular weight is 369 g/mol. The molecule has 0 bridgehead atoms. The zero-order chi connectivity index (χ0) is 18.2. The molecule has 0 unspecified atom stereocenters. The van der Waals surface area contributed by atoms with Crippen molar-refractivity contribution in [1.29, 1.82) is 0 Å². The molecule has 1 fully saturated rings. The summed E-state index contributed by atoms with van der Waals surface area (Å²) >= 11 is 1.49. The number of nitrogen functional groups attached to an aromatic ring is 1. The van der Waals surface area contributed by atoms with Crippen molar-refractivity contribution in [1.82, 2.24) is 15.3 Å². The Kier molecular flexibility index (Phi) is 6.54.